The standard InChI is InChI=1S/C15H11N3/c1-9-12-8-17-15-14(12)11(6-7-16-15)10-4-2-3-5-13(10)18-9/h2-8H,1H3,(H,16,17). The van der Waals surface area contributed by atoms with E-state index in [9.17, 15) is 0 Å². The molecule has 0 saturated carbocycles. The third-order valence-corrected chi connectivity index (χ3v) is 3.45. The highest BCUT2D eigenvalue weighted by atomic mass is 14.9. The molecule has 2 aromatic heterocycles. The monoisotopic (exact) mass is 233 g/mol. The van der Waals surface area contributed by atoms with Gasteiger partial charge in [-0.3, -0.25) is 4.99 Å². The first kappa shape index (κ1) is 9.59. The topological polar surface area (TPSA) is 41.0 Å². The molecule has 0 saturated heterocycles. The van der Waals surface area contributed by atoms with Crippen LogP contribution in [-0.2, 0) is 0 Å². The van der Waals surface area contributed by atoms with Crippen LogP contribution in [0.3, 0.4) is 0 Å². The number of aromatic amines is 1. The first-order valence-corrected chi connectivity index (χ1v) is 5.96. The van der Waals surface area contributed by atoms with Gasteiger partial charge in [-0.1, -0.05) is 18.2 Å². The Kier molecular flexibility index (Phi) is 1.75. The van der Waals surface area contributed by atoms with E-state index in [0.717, 1.165) is 22.6 Å². The van der Waals surface area contributed by atoms with Crippen molar-refractivity contribution in [1.82, 2.24) is 9.97 Å². The van der Waals surface area contributed by atoms with Crippen molar-refractivity contribution in [3.63, 3.8) is 0 Å². The molecule has 3 aromatic rings. The van der Waals surface area contributed by atoms with E-state index in [-0.39, 0.29) is 0 Å². The first-order chi connectivity index (χ1) is 8.84. The first-order valence-electron chi connectivity index (χ1n) is 5.96. The summed E-state index contributed by atoms with van der Waals surface area (Å²) in [4.78, 5) is 12.3. The average Bonchev–Trinajstić information content (AvgIpc) is 2.78. The summed E-state index contributed by atoms with van der Waals surface area (Å²) in [7, 11) is 0. The third kappa shape index (κ3) is 1.13. The normalized spacial score (nSPS) is 13.1. The van der Waals surface area contributed by atoms with Gasteiger partial charge < -0.3 is 4.98 Å². The van der Waals surface area contributed by atoms with Crippen molar-refractivity contribution in [3.05, 3.63) is 48.3 Å². The van der Waals surface area contributed by atoms with E-state index in [2.05, 4.69) is 28.2 Å². The summed E-state index contributed by atoms with van der Waals surface area (Å²) in [5.74, 6) is 0. The predicted octanol–water partition coefficient (Wildman–Crippen LogP) is 3.68. The second-order valence-corrected chi connectivity index (χ2v) is 4.50. The van der Waals surface area contributed by atoms with Crippen LogP contribution >= 0.6 is 0 Å². The quantitative estimate of drug-likeness (QED) is 0.632. The fourth-order valence-corrected chi connectivity index (χ4v) is 2.61. The van der Waals surface area contributed by atoms with Crippen LogP contribution < -0.4 is 0 Å². The molecule has 1 N–H and O–H groups in total. The number of H-pyrrole nitrogens is 1. The van der Waals surface area contributed by atoms with Gasteiger partial charge >= 0.3 is 0 Å². The Bertz CT molecular complexity index is 796. The van der Waals surface area contributed by atoms with Crippen LogP contribution in [0.1, 0.15) is 12.5 Å². The molecule has 0 radical (unpaired) electrons. The number of rotatable bonds is 0. The molecule has 0 atom stereocenters. The van der Waals surface area contributed by atoms with Gasteiger partial charge in [0.1, 0.15) is 5.65 Å². The van der Waals surface area contributed by atoms with Gasteiger partial charge in [0, 0.05) is 34.6 Å². The third-order valence-electron chi connectivity index (χ3n) is 3.45. The zero-order valence-corrected chi connectivity index (χ0v) is 9.94. The van der Waals surface area contributed by atoms with Gasteiger partial charge in [0.15, 0.2) is 0 Å². The van der Waals surface area contributed by atoms with Crippen LogP contribution in [0.4, 0.5) is 5.69 Å². The van der Waals surface area contributed by atoms with Gasteiger partial charge in [0.2, 0.25) is 0 Å². The molecule has 3 heteroatoms. The summed E-state index contributed by atoms with van der Waals surface area (Å²) >= 11 is 0. The Hall–Kier alpha value is -2.42. The fraction of sp³-hybridized carbons (Fsp3) is 0.0667. The lowest BCUT2D eigenvalue weighted by Crippen LogP contribution is -1.90. The molecular formula is C15H11N3. The highest BCUT2D eigenvalue weighted by Crippen LogP contribution is 2.38. The molecule has 0 spiro atoms. The second-order valence-electron chi connectivity index (χ2n) is 4.50. The van der Waals surface area contributed by atoms with E-state index in [1.807, 2.05) is 31.5 Å². The molecule has 1 aliphatic rings. The van der Waals surface area contributed by atoms with E-state index >= 15 is 0 Å². The van der Waals surface area contributed by atoms with Crippen LogP contribution in [0.5, 0.6) is 0 Å². The number of para-hydroxylation sites is 1. The molecule has 1 aliphatic heterocycles. The smallest absolute Gasteiger partial charge is 0.138 e. The zero-order valence-electron chi connectivity index (χ0n) is 9.94. The predicted molar refractivity (Wildman–Crippen MR) is 73.4 cm³/mol. The molecule has 0 aliphatic carbocycles. The maximum absolute atomic E-state index is 4.72. The van der Waals surface area contributed by atoms with Gasteiger partial charge in [0.05, 0.1) is 5.69 Å². The molecule has 18 heavy (non-hydrogen) atoms. The van der Waals surface area contributed by atoms with Crippen LogP contribution in [-0.4, -0.2) is 15.7 Å². The molecule has 1 aromatic carbocycles. The van der Waals surface area contributed by atoms with Crippen molar-refractivity contribution in [2.24, 2.45) is 4.99 Å². The number of aliphatic imine (C=N–C) groups is 1. The van der Waals surface area contributed by atoms with Gasteiger partial charge in [-0.25, -0.2) is 4.98 Å². The van der Waals surface area contributed by atoms with Crippen molar-refractivity contribution >= 4 is 22.4 Å². The van der Waals surface area contributed by atoms with E-state index < -0.39 is 0 Å². The van der Waals surface area contributed by atoms with E-state index in [0.29, 0.717) is 0 Å². The minimum atomic E-state index is 0.925. The largest absolute Gasteiger partial charge is 0.345 e. The summed E-state index contributed by atoms with van der Waals surface area (Å²) in [6.45, 7) is 2.04. The maximum Gasteiger partial charge on any atom is 0.138 e. The van der Waals surface area contributed by atoms with Gasteiger partial charge in [-0.2, -0.15) is 0 Å². The minimum absolute atomic E-state index is 0.925. The second kappa shape index (κ2) is 3.29. The van der Waals surface area contributed by atoms with Crippen LogP contribution in [0.15, 0.2) is 47.7 Å². The number of aromatic nitrogens is 2. The minimum Gasteiger partial charge on any atom is -0.345 e. The molecule has 3 heterocycles. The molecule has 0 bridgehead atoms. The fourth-order valence-electron chi connectivity index (χ4n) is 2.61. The van der Waals surface area contributed by atoms with Crippen LogP contribution in [0.25, 0.3) is 22.2 Å². The molecule has 0 fully saturated rings. The van der Waals surface area contributed by atoms with Gasteiger partial charge in [-0.15, -0.1) is 0 Å². The highest BCUT2D eigenvalue weighted by molar-refractivity contribution is 6.16. The number of pyridine rings is 1. The summed E-state index contributed by atoms with van der Waals surface area (Å²) in [6, 6.07) is 10.3. The maximum atomic E-state index is 4.72. The highest BCUT2D eigenvalue weighted by Gasteiger charge is 2.18. The number of nitrogens with one attached hydrogen (secondary N) is 1. The number of benzene rings is 1. The van der Waals surface area contributed by atoms with E-state index in [4.69, 9.17) is 4.99 Å². The van der Waals surface area contributed by atoms with Gasteiger partial charge in [-0.05, 0) is 24.6 Å². The van der Waals surface area contributed by atoms with E-state index in [1.165, 1.54) is 16.5 Å². The Labute approximate surface area is 104 Å². The Morgan fingerprint density at radius 3 is 2.83 bits per heavy atom. The number of hydrogen-bond acceptors (Lipinski definition) is 2. The van der Waals surface area contributed by atoms with Crippen LogP contribution in [0, 0.1) is 0 Å². The molecule has 0 amide bonds. The summed E-state index contributed by atoms with van der Waals surface area (Å²) < 4.78 is 0. The molecule has 4 rings (SSSR count). The van der Waals surface area contributed by atoms with Crippen molar-refractivity contribution in [1.29, 1.82) is 0 Å². The van der Waals surface area contributed by atoms with Crippen molar-refractivity contribution in [2.75, 3.05) is 0 Å². The summed E-state index contributed by atoms with van der Waals surface area (Å²) in [5.41, 5.74) is 6.49. The summed E-state index contributed by atoms with van der Waals surface area (Å²) in [5, 5.41) is 1.17. The Morgan fingerprint density at radius 1 is 1.00 bits per heavy atom. The average molecular weight is 233 g/mol. The van der Waals surface area contributed by atoms with Crippen molar-refractivity contribution in [3.8, 4) is 11.1 Å². The van der Waals surface area contributed by atoms with Crippen molar-refractivity contribution < 1.29 is 0 Å². The van der Waals surface area contributed by atoms with Crippen molar-refractivity contribution in [2.45, 2.75) is 6.92 Å². The number of hydrogen-bond donors (Lipinski definition) is 1. The molecule has 86 valence electrons. The molecule has 3 nitrogen and oxygen atoms in total. The summed E-state index contributed by atoms with van der Waals surface area (Å²) in [6.07, 6.45) is 3.83. The zero-order chi connectivity index (χ0) is 12.1. The lowest BCUT2D eigenvalue weighted by Gasteiger charge is -2.04. The van der Waals surface area contributed by atoms with Gasteiger partial charge in [0.25, 0.3) is 0 Å². The van der Waals surface area contributed by atoms with E-state index in [1.54, 1.807) is 0 Å². The molecule has 0 unspecified atom stereocenters. The SMILES string of the molecule is CC1=Nc2ccccc2-c2ccnc3[nH]cc1c23. The Morgan fingerprint density at radius 2 is 1.89 bits per heavy atom. The number of nitrogens with zero attached hydrogens (tertiary/aromatic N) is 2. The Balaban J connectivity index is 2.26. The van der Waals surface area contributed by atoms with Crippen LogP contribution in [0.2, 0.25) is 0 Å². The molecular weight excluding hydrogens is 222 g/mol. The lowest BCUT2D eigenvalue weighted by molar-refractivity contribution is 1.32. The lowest BCUT2D eigenvalue weighted by atomic mass is 10.0. The number of fused-ring (bicyclic) bond motifs is 2.